The van der Waals surface area contributed by atoms with E-state index in [1.807, 2.05) is 0 Å². The summed E-state index contributed by atoms with van der Waals surface area (Å²) in [6.07, 6.45) is 0.959. The summed E-state index contributed by atoms with van der Waals surface area (Å²) in [6, 6.07) is 5.11. The maximum atomic E-state index is 12.2. The van der Waals surface area contributed by atoms with Crippen molar-refractivity contribution >= 4 is 29.1 Å². The van der Waals surface area contributed by atoms with Crippen molar-refractivity contribution < 1.29 is 4.79 Å². The largest absolute Gasteiger partial charge is 0.338 e. The second-order valence-corrected chi connectivity index (χ2v) is 5.03. The second kappa shape index (κ2) is 5.25. The number of hydrogen-bond acceptors (Lipinski definition) is 2. The number of benzene rings is 1. The molecule has 0 aliphatic carbocycles. The van der Waals surface area contributed by atoms with E-state index in [0.717, 1.165) is 13.0 Å². The van der Waals surface area contributed by atoms with Gasteiger partial charge in [-0.15, -0.1) is 0 Å². The average molecular weight is 273 g/mol. The highest BCUT2D eigenvalue weighted by molar-refractivity contribution is 6.43. The van der Waals surface area contributed by atoms with Gasteiger partial charge < -0.3 is 10.6 Å². The minimum absolute atomic E-state index is 0.0616. The van der Waals surface area contributed by atoms with Gasteiger partial charge >= 0.3 is 0 Å². The third-order valence-electron chi connectivity index (χ3n) is 3.09. The molecule has 1 aliphatic heterocycles. The molecule has 0 aromatic heterocycles. The number of carbonyl (C=O) groups is 1. The van der Waals surface area contributed by atoms with Crippen LogP contribution in [0.25, 0.3) is 0 Å². The zero-order valence-corrected chi connectivity index (χ0v) is 10.8. The molecular formula is C12H14Cl2N2O. The van der Waals surface area contributed by atoms with Crippen LogP contribution in [-0.2, 0) is 0 Å². The Morgan fingerprint density at radius 1 is 1.47 bits per heavy atom. The number of halogens is 2. The molecule has 1 heterocycles. The highest BCUT2D eigenvalue weighted by Crippen LogP contribution is 2.28. The van der Waals surface area contributed by atoms with E-state index in [-0.39, 0.29) is 5.91 Å². The predicted molar refractivity (Wildman–Crippen MR) is 69.5 cm³/mol. The van der Waals surface area contributed by atoms with E-state index < -0.39 is 0 Å². The molecule has 2 rings (SSSR count). The van der Waals surface area contributed by atoms with Crippen molar-refractivity contribution in [1.29, 1.82) is 0 Å². The number of likely N-dealkylation sites (tertiary alicyclic amines) is 1. The van der Waals surface area contributed by atoms with Crippen LogP contribution in [0.5, 0.6) is 0 Å². The Morgan fingerprint density at radius 3 is 2.88 bits per heavy atom. The quantitative estimate of drug-likeness (QED) is 0.899. The molecular weight excluding hydrogens is 259 g/mol. The Kier molecular flexibility index (Phi) is 3.92. The summed E-state index contributed by atoms with van der Waals surface area (Å²) in [5, 5.41) is 0.738. The first-order chi connectivity index (χ1) is 8.13. The third kappa shape index (κ3) is 2.57. The molecule has 1 fully saturated rings. The predicted octanol–water partition coefficient (Wildman–Crippen LogP) is 2.41. The van der Waals surface area contributed by atoms with E-state index in [1.54, 1.807) is 23.1 Å². The van der Waals surface area contributed by atoms with Gasteiger partial charge in [0.15, 0.2) is 0 Å². The Morgan fingerprint density at radius 2 is 2.24 bits per heavy atom. The topological polar surface area (TPSA) is 46.3 Å². The van der Waals surface area contributed by atoms with Crippen molar-refractivity contribution in [3.05, 3.63) is 33.8 Å². The molecule has 2 N–H and O–H groups in total. The lowest BCUT2D eigenvalue weighted by atomic mass is 10.1. The Balaban J connectivity index is 2.18. The van der Waals surface area contributed by atoms with Crippen LogP contribution < -0.4 is 5.73 Å². The number of carbonyl (C=O) groups excluding carboxylic acids is 1. The fourth-order valence-electron chi connectivity index (χ4n) is 2.05. The highest BCUT2D eigenvalue weighted by atomic mass is 35.5. The van der Waals surface area contributed by atoms with Gasteiger partial charge in [0.1, 0.15) is 0 Å². The number of amides is 1. The second-order valence-electron chi connectivity index (χ2n) is 4.24. The number of nitrogens with two attached hydrogens (primary N) is 1. The first-order valence-corrected chi connectivity index (χ1v) is 6.32. The molecule has 0 spiro atoms. The smallest absolute Gasteiger partial charge is 0.255 e. The van der Waals surface area contributed by atoms with E-state index >= 15 is 0 Å². The van der Waals surface area contributed by atoms with Crippen LogP contribution in [0.3, 0.4) is 0 Å². The van der Waals surface area contributed by atoms with Crippen LogP contribution in [0.2, 0.25) is 10.0 Å². The molecule has 1 saturated heterocycles. The van der Waals surface area contributed by atoms with Gasteiger partial charge in [-0.2, -0.15) is 0 Å². The van der Waals surface area contributed by atoms with E-state index in [4.69, 9.17) is 28.9 Å². The molecule has 1 atom stereocenters. The van der Waals surface area contributed by atoms with Gasteiger partial charge in [-0.3, -0.25) is 4.79 Å². The molecule has 1 aliphatic rings. The van der Waals surface area contributed by atoms with Gasteiger partial charge in [0.2, 0.25) is 0 Å². The molecule has 1 aromatic carbocycles. The van der Waals surface area contributed by atoms with Gasteiger partial charge in [-0.25, -0.2) is 0 Å². The molecule has 0 unspecified atom stereocenters. The molecule has 0 saturated carbocycles. The van der Waals surface area contributed by atoms with Crippen molar-refractivity contribution in [2.24, 2.45) is 11.7 Å². The molecule has 17 heavy (non-hydrogen) atoms. The molecule has 1 aromatic rings. The normalized spacial score (nSPS) is 19.7. The van der Waals surface area contributed by atoms with E-state index in [9.17, 15) is 4.79 Å². The summed E-state index contributed by atoms with van der Waals surface area (Å²) in [7, 11) is 0. The number of rotatable bonds is 2. The van der Waals surface area contributed by atoms with Gasteiger partial charge in [-0.05, 0) is 31.0 Å². The average Bonchev–Trinajstić information content (AvgIpc) is 2.80. The Bertz CT molecular complexity index is 437. The van der Waals surface area contributed by atoms with Gasteiger partial charge in [0.25, 0.3) is 5.91 Å². The minimum atomic E-state index is -0.0616. The van der Waals surface area contributed by atoms with Crippen LogP contribution >= 0.6 is 23.2 Å². The Labute approximate surface area is 110 Å². The molecule has 3 nitrogen and oxygen atoms in total. The van der Waals surface area contributed by atoms with E-state index in [2.05, 4.69) is 0 Å². The zero-order valence-electron chi connectivity index (χ0n) is 9.33. The standard InChI is InChI=1S/C12H14Cl2N2O/c13-10-3-1-2-9(11(10)14)12(17)16-5-4-8(6-15)7-16/h1-3,8H,4-7,15H2/t8-/m0/s1. The summed E-state index contributed by atoms with van der Waals surface area (Å²) in [5.74, 6) is 0.338. The van der Waals surface area contributed by atoms with Gasteiger partial charge in [-0.1, -0.05) is 29.3 Å². The molecule has 0 radical (unpaired) electrons. The van der Waals surface area contributed by atoms with Crippen LogP contribution in [0.15, 0.2) is 18.2 Å². The van der Waals surface area contributed by atoms with Crippen LogP contribution in [0, 0.1) is 5.92 Å². The van der Waals surface area contributed by atoms with Crippen LogP contribution in [0.4, 0.5) is 0 Å². The lowest BCUT2D eigenvalue weighted by Crippen LogP contribution is -2.30. The van der Waals surface area contributed by atoms with E-state index in [0.29, 0.717) is 34.6 Å². The van der Waals surface area contributed by atoms with Crippen molar-refractivity contribution in [1.82, 2.24) is 4.90 Å². The van der Waals surface area contributed by atoms with Crippen molar-refractivity contribution in [2.45, 2.75) is 6.42 Å². The maximum Gasteiger partial charge on any atom is 0.255 e. The fourth-order valence-corrected chi connectivity index (χ4v) is 2.43. The third-order valence-corrected chi connectivity index (χ3v) is 3.91. The summed E-state index contributed by atoms with van der Waals surface area (Å²) >= 11 is 11.9. The first-order valence-electron chi connectivity index (χ1n) is 5.57. The first kappa shape index (κ1) is 12.7. The van der Waals surface area contributed by atoms with Gasteiger partial charge in [0, 0.05) is 13.1 Å². The SMILES string of the molecule is NC[C@@H]1CCN(C(=O)c2cccc(Cl)c2Cl)C1. The van der Waals surface area contributed by atoms with Crippen molar-refractivity contribution in [3.8, 4) is 0 Å². The Hall–Kier alpha value is -0.770. The summed E-state index contributed by atoms with van der Waals surface area (Å²) in [5.41, 5.74) is 6.07. The number of nitrogens with zero attached hydrogens (tertiary/aromatic N) is 1. The minimum Gasteiger partial charge on any atom is -0.338 e. The lowest BCUT2D eigenvalue weighted by molar-refractivity contribution is 0.0788. The summed E-state index contributed by atoms with van der Waals surface area (Å²) in [6.45, 7) is 2.06. The van der Waals surface area contributed by atoms with E-state index in [1.165, 1.54) is 0 Å². The van der Waals surface area contributed by atoms with Crippen LogP contribution in [0.1, 0.15) is 16.8 Å². The van der Waals surface area contributed by atoms with Crippen molar-refractivity contribution in [2.75, 3.05) is 19.6 Å². The molecule has 5 heteroatoms. The number of hydrogen-bond donors (Lipinski definition) is 1. The molecule has 1 amide bonds. The highest BCUT2D eigenvalue weighted by Gasteiger charge is 2.27. The summed E-state index contributed by atoms with van der Waals surface area (Å²) in [4.78, 5) is 14.0. The van der Waals surface area contributed by atoms with Gasteiger partial charge in [0.05, 0.1) is 15.6 Å². The summed E-state index contributed by atoms with van der Waals surface area (Å²) < 4.78 is 0. The fraction of sp³-hybridized carbons (Fsp3) is 0.417. The maximum absolute atomic E-state index is 12.2. The lowest BCUT2D eigenvalue weighted by Gasteiger charge is -2.17. The van der Waals surface area contributed by atoms with Crippen molar-refractivity contribution in [3.63, 3.8) is 0 Å². The molecule has 92 valence electrons. The van der Waals surface area contributed by atoms with Crippen LogP contribution in [-0.4, -0.2) is 30.4 Å². The molecule has 0 bridgehead atoms. The monoisotopic (exact) mass is 272 g/mol. The zero-order chi connectivity index (χ0) is 12.4.